The summed E-state index contributed by atoms with van der Waals surface area (Å²) in [5.41, 5.74) is 3.10. The Labute approximate surface area is 273 Å². The summed E-state index contributed by atoms with van der Waals surface area (Å²) in [4.78, 5) is 21.0. The smallest absolute Gasteiger partial charge is 0.226 e. The van der Waals surface area contributed by atoms with E-state index < -0.39 is 5.41 Å². The number of aliphatic hydroxyl groups is 1. The van der Waals surface area contributed by atoms with Gasteiger partial charge in [0.05, 0.1) is 19.0 Å². The van der Waals surface area contributed by atoms with Gasteiger partial charge in [0.1, 0.15) is 16.5 Å². The van der Waals surface area contributed by atoms with E-state index in [-0.39, 0.29) is 45.6 Å². The molecule has 5 aliphatic carbocycles. The van der Waals surface area contributed by atoms with Gasteiger partial charge in [-0.25, -0.2) is 4.98 Å². The van der Waals surface area contributed by atoms with Gasteiger partial charge < -0.3 is 19.9 Å². The van der Waals surface area contributed by atoms with Crippen molar-refractivity contribution in [2.24, 2.45) is 50.2 Å². The molecule has 0 spiro atoms. The van der Waals surface area contributed by atoms with Crippen molar-refractivity contribution in [3.05, 3.63) is 35.0 Å². The number of amides is 1. The molecule has 2 aromatic heterocycles. The van der Waals surface area contributed by atoms with Crippen LogP contribution in [0.5, 0.6) is 0 Å². The van der Waals surface area contributed by atoms with E-state index in [0.717, 1.165) is 38.5 Å². The number of H-pyrrole nitrogens is 1. The number of imidazole rings is 1. The maximum absolute atomic E-state index is 13.9. The summed E-state index contributed by atoms with van der Waals surface area (Å²) in [5, 5.41) is 18.8. The quantitative estimate of drug-likeness (QED) is 0.292. The zero-order chi connectivity index (χ0) is 32.2. The molecule has 9 atom stereocenters. The summed E-state index contributed by atoms with van der Waals surface area (Å²) in [6, 6.07) is 1.79. The number of allylic oxidation sites excluding steroid dienone is 2. The van der Waals surface area contributed by atoms with E-state index in [2.05, 4.69) is 75.0 Å². The first-order valence-electron chi connectivity index (χ1n) is 17.4. The summed E-state index contributed by atoms with van der Waals surface area (Å²) in [6.07, 6.45) is 14.9. The lowest BCUT2D eigenvalue weighted by Crippen LogP contribution is -2.64. The van der Waals surface area contributed by atoms with Crippen molar-refractivity contribution in [1.29, 1.82) is 0 Å². The van der Waals surface area contributed by atoms with Crippen LogP contribution in [0.3, 0.4) is 0 Å². The number of halogens is 1. The van der Waals surface area contributed by atoms with Crippen molar-refractivity contribution in [3.63, 3.8) is 0 Å². The van der Waals surface area contributed by atoms with Crippen molar-refractivity contribution in [3.8, 4) is 11.4 Å². The van der Waals surface area contributed by atoms with Crippen molar-refractivity contribution < 1.29 is 14.4 Å². The van der Waals surface area contributed by atoms with Crippen LogP contribution >= 0.6 is 11.6 Å². The molecular weight excluding hydrogens is 584 g/mol. The number of aromatic amines is 1. The zero-order valence-electron chi connectivity index (χ0n) is 28.4. The predicted molar refractivity (Wildman–Crippen MR) is 176 cm³/mol. The van der Waals surface area contributed by atoms with Crippen molar-refractivity contribution >= 4 is 17.5 Å². The zero-order valence-corrected chi connectivity index (χ0v) is 29.1. The third-order valence-corrected chi connectivity index (χ3v) is 15.5. The van der Waals surface area contributed by atoms with Crippen LogP contribution < -0.4 is 5.32 Å². The molecule has 2 heterocycles. The fourth-order valence-electron chi connectivity index (χ4n) is 11.9. The minimum absolute atomic E-state index is 0.0395. The van der Waals surface area contributed by atoms with Crippen LogP contribution in [0.15, 0.2) is 28.6 Å². The minimum atomic E-state index is -0.442. The molecular formula is C37H53ClN4O3. The molecule has 7 nitrogen and oxygen atoms in total. The second kappa shape index (κ2) is 10.2. The average molecular weight is 637 g/mol. The molecule has 0 aromatic carbocycles. The Morgan fingerprint density at radius 3 is 2.53 bits per heavy atom. The second-order valence-electron chi connectivity index (χ2n) is 17.6. The molecule has 2 aromatic rings. The van der Waals surface area contributed by atoms with Crippen molar-refractivity contribution in [1.82, 2.24) is 20.4 Å². The van der Waals surface area contributed by atoms with E-state index >= 15 is 0 Å². The Hall–Kier alpha value is -2.12. The highest BCUT2D eigenvalue weighted by atomic mass is 35.5. The lowest BCUT2D eigenvalue weighted by Gasteiger charge is -2.71. The van der Waals surface area contributed by atoms with Crippen molar-refractivity contribution in [2.45, 2.75) is 125 Å². The summed E-state index contributed by atoms with van der Waals surface area (Å²) in [5.74, 6) is 2.27. The summed E-state index contributed by atoms with van der Waals surface area (Å²) >= 11 is 6.17. The maximum atomic E-state index is 13.9. The van der Waals surface area contributed by atoms with Crippen LogP contribution in [0.1, 0.15) is 118 Å². The molecule has 5 aliphatic rings. The Morgan fingerprint density at radius 1 is 1.04 bits per heavy atom. The number of aliphatic hydroxyl groups excluding tert-OH is 1. The molecule has 1 amide bonds. The molecule has 4 fully saturated rings. The molecule has 45 heavy (non-hydrogen) atoms. The second-order valence-corrected chi connectivity index (χ2v) is 17.9. The highest BCUT2D eigenvalue weighted by Crippen LogP contribution is 2.75. The lowest BCUT2D eigenvalue weighted by molar-refractivity contribution is -0.203. The van der Waals surface area contributed by atoms with Gasteiger partial charge in [0.25, 0.3) is 0 Å². The fraction of sp³-hybridized carbons (Fsp3) is 0.757. The van der Waals surface area contributed by atoms with Crippen LogP contribution in [0.4, 0.5) is 0 Å². The van der Waals surface area contributed by atoms with Gasteiger partial charge in [-0.05, 0) is 109 Å². The molecule has 1 unspecified atom stereocenters. The molecule has 0 aliphatic heterocycles. The van der Waals surface area contributed by atoms with E-state index in [1.165, 1.54) is 32.0 Å². The Kier molecular flexibility index (Phi) is 7.13. The summed E-state index contributed by atoms with van der Waals surface area (Å²) in [6.45, 7) is 17.4. The largest absolute Gasteiger partial charge is 0.393 e. The normalized spacial score (nSPS) is 43.7. The van der Waals surface area contributed by atoms with Gasteiger partial charge in [-0.1, -0.05) is 76.9 Å². The van der Waals surface area contributed by atoms with E-state index in [9.17, 15) is 9.90 Å². The predicted octanol–water partition coefficient (Wildman–Crippen LogP) is 8.50. The summed E-state index contributed by atoms with van der Waals surface area (Å²) in [7, 11) is 0. The number of nitrogens with one attached hydrogen (secondary N) is 2. The van der Waals surface area contributed by atoms with Crippen LogP contribution in [0.25, 0.3) is 11.4 Å². The number of rotatable bonds is 4. The minimum Gasteiger partial charge on any atom is -0.393 e. The SMILES string of the molecule is CC1(C)C2CC[C@]3(C)[C@H](CC=C4[C@H]5C[C@@](C)(C(=O)NCc6cc(-c7nc[nH]c7Cl)no6)CC[C@]5(C)CC[C@]43C)[C@@]2(C)CC[C@@H]1O. The van der Waals surface area contributed by atoms with Gasteiger partial charge in [-0.2, -0.15) is 0 Å². The Bertz CT molecular complexity index is 1530. The van der Waals surface area contributed by atoms with Gasteiger partial charge in [-0.15, -0.1) is 0 Å². The van der Waals surface area contributed by atoms with E-state index in [0.29, 0.717) is 40.1 Å². The number of carbonyl (C=O) groups excluding carboxylic acids is 1. The van der Waals surface area contributed by atoms with Gasteiger partial charge in [0.15, 0.2) is 5.76 Å². The first-order valence-corrected chi connectivity index (χ1v) is 17.8. The van der Waals surface area contributed by atoms with Gasteiger partial charge >= 0.3 is 0 Å². The van der Waals surface area contributed by atoms with Crippen LogP contribution in [0, 0.1) is 50.2 Å². The standard InChI is InChI=1S/C37H53ClN4O3/c1-32(2)26-10-13-37(7)27(35(26,5)12-11-28(32)43)9-8-23-24-19-34(4,15-14-33(24,3)16-17-36(23,37)6)31(44)39-20-22-18-25(42-45-22)29-30(38)41-21-40-29/h8,18,21,24,26-28,43H,9-17,19-20H2,1-7H3,(H,39,44)(H,40,41)/t24-,26?,27-,28+,33-,34+,35+,36-,37-/m1/s1. The fourth-order valence-corrected chi connectivity index (χ4v) is 12.1. The molecule has 0 radical (unpaired) electrons. The molecule has 0 saturated heterocycles. The van der Waals surface area contributed by atoms with Gasteiger partial charge in [0, 0.05) is 11.5 Å². The molecule has 0 bridgehead atoms. The van der Waals surface area contributed by atoms with Crippen LogP contribution in [-0.4, -0.2) is 32.2 Å². The first kappa shape index (κ1) is 31.5. The topological polar surface area (TPSA) is 104 Å². The molecule has 8 heteroatoms. The van der Waals surface area contributed by atoms with Gasteiger partial charge in [0.2, 0.25) is 5.91 Å². The monoisotopic (exact) mass is 636 g/mol. The molecule has 3 N–H and O–H groups in total. The van der Waals surface area contributed by atoms with Crippen LogP contribution in [0.2, 0.25) is 5.15 Å². The Morgan fingerprint density at radius 2 is 1.80 bits per heavy atom. The number of hydrogen-bond donors (Lipinski definition) is 3. The third kappa shape index (κ3) is 4.41. The van der Waals surface area contributed by atoms with Crippen LogP contribution in [-0.2, 0) is 11.3 Å². The number of nitrogens with zero attached hydrogens (tertiary/aromatic N) is 2. The molecule has 7 rings (SSSR count). The highest BCUT2D eigenvalue weighted by Gasteiger charge is 2.68. The van der Waals surface area contributed by atoms with Crippen molar-refractivity contribution in [2.75, 3.05) is 0 Å². The number of aromatic nitrogens is 3. The van der Waals surface area contributed by atoms with E-state index in [1.807, 2.05) is 0 Å². The van der Waals surface area contributed by atoms with E-state index in [4.69, 9.17) is 16.1 Å². The third-order valence-electron chi connectivity index (χ3n) is 15.2. The number of carbonyl (C=O) groups is 1. The average Bonchev–Trinajstić information content (AvgIpc) is 3.64. The maximum Gasteiger partial charge on any atom is 0.226 e. The lowest BCUT2D eigenvalue weighted by atomic mass is 9.33. The summed E-state index contributed by atoms with van der Waals surface area (Å²) < 4.78 is 5.53. The molecule has 246 valence electrons. The number of hydrogen-bond acceptors (Lipinski definition) is 5. The highest BCUT2D eigenvalue weighted by molar-refractivity contribution is 6.31. The van der Waals surface area contributed by atoms with E-state index in [1.54, 1.807) is 11.6 Å². The first-order chi connectivity index (χ1) is 21.1. The van der Waals surface area contributed by atoms with Gasteiger partial charge in [-0.3, -0.25) is 4.79 Å². The molecule has 4 saturated carbocycles. The Balaban J connectivity index is 1.13. The number of fused-ring (bicyclic) bond motifs is 7.